The number of methoxy groups -OCH3 is 1. The van der Waals surface area contributed by atoms with E-state index >= 15 is 0 Å². The van der Waals surface area contributed by atoms with Crippen LogP contribution < -0.4 is 10.1 Å². The Kier molecular flexibility index (Phi) is 6.33. The Morgan fingerprint density at radius 2 is 1.88 bits per heavy atom. The van der Waals surface area contributed by atoms with Crippen LogP contribution in [0.2, 0.25) is 0 Å². The molecule has 3 rings (SSSR count). The molecule has 1 amide bonds. The summed E-state index contributed by atoms with van der Waals surface area (Å²) in [4.78, 5) is 16.4. The van der Waals surface area contributed by atoms with Crippen LogP contribution in [0.3, 0.4) is 0 Å². The highest BCUT2D eigenvalue weighted by Gasteiger charge is 2.31. The standard InChI is InChI=1S/C21H28N2O2S/c1-23(2)20(19-9-6-14-26-19)15-10-12-16(13-11-15)22-21(24)17-7-4-5-8-18(17)25-3/h4-9,14-16,20H,10-13H2,1-3H3,(H,22,24). The van der Waals surface area contributed by atoms with Crippen molar-refractivity contribution in [2.45, 2.75) is 37.8 Å². The van der Waals surface area contributed by atoms with Crippen LogP contribution in [0, 0.1) is 5.92 Å². The van der Waals surface area contributed by atoms with Gasteiger partial charge >= 0.3 is 0 Å². The Morgan fingerprint density at radius 3 is 2.50 bits per heavy atom. The second kappa shape index (κ2) is 8.69. The molecule has 1 unspecified atom stereocenters. The van der Waals surface area contributed by atoms with Crippen LogP contribution in [0.15, 0.2) is 41.8 Å². The molecule has 1 N–H and O–H groups in total. The van der Waals surface area contributed by atoms with Crippen molar-refractivity contribution in [1.82, 2.24) is 10.2 Å². The van der Waals surface area contributed by atoms with Crippen molar-refractivity contribution < 1.29 is 9.53 Å². The van der Waals surface area contributed by atoms with E-state index in [4.69, 9.17) is 4.74 Å². The van der Waals surface area contributed by atoms with E-state index < -0.39 is 0 Å². The van der Waals surface area contributed by atoms with Crippen molar-refractivity contribution in [3.05, 3.63) is 52.2 Å². The molecule has 0 aliphatic heterocycles. The molecule has 1 atom stereocenters. The zero-order chi connectivity index (χ0) is 18.5. The van der Waals surface area contributed by atoms with Gasteiger partial charge in [-0.15, -0.1) is 11.3 Å². The number of nitrogens with one attached hydrogen (secondary N) is 1. The number of ether oxygens (including phenoxy) is 1. The van der Waals surface area contributed by atoms with Gasteiger partial charge in [-0.25, -0.2) is 0 Å². The minimum Gasteiger partial charge on any atom is -0.496 e. The van der Waals surface area contributed by atoms with E-state index in [-0.39, 0.29) is 11.9 Å². The van der Waals surface area contributed by atoms with Gasteiger partial charge in [0.1, 0.15) is 5.75 Å². The van der Waals surface area contributed by atoms with Gasteiger partial charge in [-0.2, -0.15) is 0 Å². The molecule has 4 nitrogen and oxygen atoms in total. The van der Waals surface area contributed by atoms with Crippen molar-refractivity contribution in [2.75, 3.05) is 21.2 Å². The summed E-state index contributed by atoms with van der Waals surface area (Å²) in [5.74, 6) is 1.24. The highest BCUT2D eigenvalue weighted by atomic mass is 32.1. The number of nitrogens with zero attached hydrogens (tertiary/aromatic N) is 1. The van der Waals surface area contributed by atoms with Gasteiger partial charge in [0.2, 0.25) is 0 Å². The fraction of sp³-hybridized carbons (Fsp3) is 0.476. The molecule has 1 heterocycles. The third kappa shape index (κ3) is 4.27. The summed E-state index contributed by atoms with van der Waals surface area (Å²) in [6.45, 7) is 0. The highest BCUT2D eigenvalue weighted by Crippen LogP contribution is 2.39. The van der Waals surface area contributed by atoms with Crippen molar-refractivity contribution in [3.63, 3.8) is 0 Å². The van der Waals surface area contributed by atoms with E-state index in [0.717, 1.165) is 25.7 Å². The Bertz CT molecular complexity index is 707. The molecule has 26 heavy (non-hydrogen) atoms. The smallest absolute Gasteiger partial charge is 0.255 e. The predicted molar refractivity (Wildman–Crippen MR) is 107 cm³/mol. The summed E-state index contributed by atoms with van der Waals surface area (Å²) in [7, 11) is 5.93. The highest BCUT2D eigenvalue weighted by molar-refractivity contribution is 7.10. The monoisotopic (exact) mass is 372 g/mol. The molecule has 1 fully saturated rings. The first-order chi connectivity index (χ1) is 12.6. The van der Waals surface area contributed by atoms with Gasteiger partial charge in [-0.1, -0.05) is 18.2 Å². The fourth-order valence-electron chi connectivity index (χ4n) is 4.04. The fourth-order valence-corrected chi connectivity index (χ4v) is 5.06. The minimum absolute atomic E-state index is 0.0340. The van der Waals surface area contributed by atoms with Crippen LogP contribution in [0.4, 0.5) is 0 Å². The largest absolute Gasteiger partial charge is 0.496 e. The number of thiophene rings is 1. The van der Waals surface area contributed by atoms with Gasteiger partial charge in [0.15, 0.2) is 0 Å². The summed E-state index contributed by atoms with van der Waals surface area (Å²) < 4.78 is 5.31. The minimum atomic E-state index is -0.0340. The zero-order valence-corrected chi connectivity index (χ0v) is 16.6. The predicted octanol–water partition coefficient (Wildman–Crippen LogP) is 4.35. The number of hydrogen-bond acceptors (Lipinski definition) is 4. The van der Waals surface area contributed by atoms with Crippen LogP contribution in [-0.2, 0) is 0 Å². The van der Waals surface area contributed by atoms with Crippen LogP contribution in [0.5, 0.6) is 5.75 Å². The molecule has 0 spiro atoms. The van der Waals surface area contributed by atoms with Crippen molar-refractivity contribution in [3.8, 4) is 5.75 Å². The summed E-state index contributed by atoms with van der Waals surface area (Å²) >= 11 is 1.84. The van der Waals surface area contributed by atoms with E-state index in [9.17, 15) is 4.79 Å². The van der Waals surface area contributed by atoms with Crippen molar-refractivity contribution in [2.24, 2.45) is 5.92 Å². The van der Waals surface area contributed by atoms with Gasteiger partial charge in [0.05, 0.1) is 12.7 Å². The maximum absolute atomic E-state index is 12.6. The molecule has 1 aromatic heterocycles. The Balaban J connectivity index is 1.59. The number of para-hydroxylation sites is 1. The lowest BCUT2D eigenvalue weighted by atomic mass is 9.80. The van der Waals surface area contributed by atoms with E-state index in [2.05, 4.69) is 41.8 Å². The molecule has 1 saturated carbocycles. The van der Waals surface area contributed by atoms with Crippen molar-refractivity contribution >= 4 is 17.2 Å². The van der Waals surface area contributed by atoms with E-state index in [1.807, 2.05) is 35.6 Å². The summed E-state index contributed by atoms with van der Waals surface area (Å²) in [5, 5.41) is 5.36. The molecule has 1 aliphatic rings. The molecule has 5 heteroatoms. The normalized spacial score (nSPS) is 21.4. The quantitative estimate of drug-likeness (QED) is 0.820. The number of benzene rings is 1. The number of hydrogen-bond donors (Lipinski definition) is 1. The van der Waals surface area contributed by atoms with Crippen molar-refractivity contribution in [1.29, 1.82) is 0 Å². The maximum atomic E-state index is 12.6. The molecule has 2 aromatic rings. The zero-order valence-electron chi connectivity index (χ0n) is 15.8. The average Bonchev–Trinajstić information content (AvgIpc) is 3.17. The second-order valence-electron chi connectivity index (χ2n) is 7.21. The first-order valence-electron chi connectivity index (χ1n) is 9.24. The molecule has 1 aromatic carbocycles. The van der Waals surface area contributed by atoms with Gasteiger partial charge in [-0.3, -0.25) is 4.79 Å². The molecular weight excluding hydrogens is 344 g/mol. The lowest BCUT2D eigenvalue weighted by Gasteiger charge is -2.37. The average molecular weight is 373 g/mol. The molecule has 0 saturated heterocycles. The number of carbonyl (C=O) groups excluding carboxylic acids is 1. The Morgan fingerprint density at radius 1 is 1.15 bits per heavy atom. The van der Waals surface area contributed by atoms with E-state index in [1.54, 1.807) is 7.11 Å². The van der Waals surface area contributed by atoms with Crippen LogP contribution in [0.1, 0.15) is 47.0 Å². The maximum Gasteiger partial charge on any atom is 0.255 e. The molecule has 0 radical (unpaired) electrons. The topological polar surface area (TPSA) is 41.6 Å². The number of rotatable bonds is 6. The lowest BCUT2D eigenvalue weighted by Crippen LogP contribution is -2.39. The summed E-state index contributed by atoms with van der Waals surface area (Å²) in [5.41, 5.74) is 0.613. The Labute approximate surface area is 160 Å². The lowest BCUT2D eigenvalue weighted by molar-refractivity contribution is 0.0904. The summed E-state index contributed by atoms with van der Waals surface area (Å²) in [6, 6.07) is 12.5. The van der Waals surface area contributed by atoms with Gasteiger partial charge in [0.25, 0.3) is 5.91 Å². The number of carbonyl (C=O) groups is 1. The summed E-state index contributed by atoms with van der Waals surface area (Å²) in [6.07, 6.45) is 4.33. The molecular formula is C21H28N2O2S. The number of amides is 1. The molecule has 0 bridgehead atoms. The van der Waals surface area contributed by atoms with Crippen LogP contribution >= 0.6 is 11.3 Å². The van der Waals surface area contributed by atoms with E-state index in [0.29, 0.717) is 23.3 Å². The van der Waals surface area contributed by atoms with Gasteiger partial charge in [-0.05, 0) is 69.3 Å². The van der Waals surface area contributed by atoms with Crippen LogP contribution in [-0.4, -0.2) is 38.1 Å². The molecule has 1 aliphatic carbocycles. The Hall–Kier alpha value is -1.85. The first kappa shape index (κ1) is 18.9. The van der Waals surface area contributed by atoms with E-state index in [1.165, 1.54) is 4.88 Å². The first-order valence-corrected chi connectivity index (χ1v) is 10.1. The SMILES string of the molecule is COc1ccccc1C(=O)NC1CCC(C(c2cccs2)N(C)C)CC1. The van der Waals surface area contributed by atoms with Gasteiger partial charge in [0, 0.05) is 17.0 Å². The second-order valence-corrected chi connectivity index (χ2v) is 8.19. The van der Waals surface area contributed by atoms with Gasteiger partial charge < -0.3 is 15.0 Å². The third-order valence-electron chi connectivity index (χ3n) is 5.30. The van der Waals surface area contributed by atoms with Crippen LogP contribution in [0.25, 0.3) is 0 Å². The molecule has 140 valence electrons. The third-order valence-corrected chi connectivity index (χ3v) is 6.24.